The number of rotatable bonds is 7. The maximum atomic E-state index is 11.5. The van der Waals surface area contributed by atoms with Gasteiger partial charge < -0.3 is 21.1 Å². The van der Waals surface area contributed by atoms with Crippen LogP contribution in [0.3, 0.4) is 0 Å². The molecular formula is C20H21N5O2. The first kappa shape index (κ1) is 18.2. The van der Waals surface area contributed by atoms with Crippen LogP contribution < -0.4 is 16.4 Å². The van der Waals surface area contributed by atoms with E-state index < -0.39 is 0 Å². The monoisotopic (exact) mass is 363 g/mol. The van der Waals surface area contributed by atoms with E-state index in [9.17, 15) is 4.79 Å². The number of carbonyl (C=O) groups excluding carboxylic acids is 1. The van der Waals surface area contributed by atoms with Gasteiger partial charge in [-0.15, -0.1) is 0 Å². The molecule has 0 fully saturated rings. The normalized spacial score (nSPS) is 10.3. The van der Waals surface area contributed by atoms with Crippen LogP contribution in [0.2, 0.25) is 0 Å². The highest BCUT2D eigenvalue weighted by molar-refractivity contribution is 5.90. The molecule has 27 heavy (non-hydrogen) atoms. The second-order valence-corrected chi connectivity index (χ2v) is 5.84. The van der Waals surface area contributed by atoms with Crippen LogP contribution in [-0.4, -0.2) is 29.6 Å². The van der Waals surface area contributed by atoms with Crippen molar-refractivity contribution in [3.63, 3.8) is 0 Å². The van der Waals surface area contributed by atoms with Crippen molar-refractivity contribution < 1.29 is 9.53 Å². The Kier molecular flexibility index (Phi) is 5.84. The van der Waals surface area contributed by atoms with Gasteiger partial charge >= 0.3 is 5.97 Å². The fraction of sp³-hybridized carbons (Fsp3) is 0.150. The number of ether oxygens (including phenoxy) is 1. The molecule has 1 heterocycles. The average molecular weight is 363 g/mol. The largest absolute Gasteiger partial charge is 0.465 e. The number of carbonyl (C=O) groups is 1. The molecule has 138 valence electrons. The topological polar surface area (TPSA) is 102 Å². The molecule has 0 aliphatic rings. The van der Waals surface area contributed by atoms with E-state index in [1.807, 2.05) is 18.2 Å². The molecular weight excluding hydrogens is 342 g/mol. The number of nitrogen functional groups attached to an aromatic ring is 1. The Bertz CT molecular complexity index is 898. The summed E-state index contributed by atoms with van der Waals surface area (Å²) < 4.78 is 4.69. The van der Waals surface area contributed by atoms with E-state index in [4.69, 9.17) is 10.5 Å². The van der Waals surface area contributed by atoms with Gasteiger partial charge in [0.25, 0.3) is 0 Å². The molecule has 0 aliphatic carbocycles. The molecule has 0 atom stereocenters. The van der Waals surface area contributed by atoms with E-state index in [-0.39, 0.29) is 5.97 Å². The number of aromatic nitrogens is 2. The molecule has 0 saturated carbocycles. The van der Waals surface area contributed by atoms with Gasteiger partial charge in [-0.3, -0.25) is 0 Å². The fourth-order valence-electron chi connectivity index (χ4n) is 2.55. The summed E-state index contributed by atoms with van der Waals surface area (Å²) in [7, 11) is 1.35. The van der Waals surface area contributed by atoms with Crippen molar-refractivity contribution in [1.29, 1.82) is 0 Å². The minimum absolute atomic E-state index is 0.381. The molecule has 3 aromatic rings. The third-order valence-electron chi connectivity index (χ3n) is 4.00. The van der Waals surface area contributed by atoms with E-state index in [1.165, 1.54) is 19.0 Å². The predicted molar refractivity (Wildman–Crippen MR) is 106 cm³/mol. The van der Waals surface area contributed by atoms with Crippen molar-refractivity contribution in [1.82, 2.24) is 9.97 Å². The smallest absolute Gasteiger partial charge is 0.337 e. The standard InChI is InChI=1S/C20H21N5O2/c1-27-20(26)15-7-9-16(10-8-15)25-19-17(21)18(23-13-24-19)22-12-11-14-5-3-2-4-6-14/h2-10,13H,11-12,21H2,1H3,(H2,22,23,24,25). The molecule has 4 N–H and O–H groups in total. The van der Waals surface area contributed by atoms with E-state index >= 15 is 0 Å². The highest BCUT2D eigenvalue weighted by atomic mass is 16.5. The van der Waals surface area contributed by atoms with Crippen LogP contribution in [0, 0.1) is 0 Å². The Hall–Kier alpha value is -3.61. The van der Waals surface area contributed by atoms with Crippen LogP contribution in [0.4, 0.5) is 23.0 Å². The van der Waals surface area contributed by atoms with E-state index in [0.29, 0.717) is 29.4 Å². The van der Waals surface area contributed by atoms with Gasteiger partial charge in [-0.1, -0.05) is 30.3 Å². The zero-order valence-electron chi connectivity index (χ0n) is 15.0. The average Bonchev–Trinajstić information content (AvgIpc) is 2.71. The minimum atomic E-state index is -0.381. The summed E-state index contributed by atoms with van der Waals surface area (Å²) in [4.78, 5) is 19.9. The minimum Gasteiger partial charge on any atom is -0.465 e. The molecule has 7 nitrogen and oxygen atoms in total. The summed E-state index contributed by atoms with van der Waals surface area (Å²) in [6.45, 7) is 0.707. The van der Waals surface area contributed by atoms with Crippen LogP contribution in [0.1, 0.15) is 15.9 Å². The number of nitrogens with two attached hydrogens (primary N) is 1. The van der Waals surface area contributed by atoms with Gasteiger partial charge in [-0.25, -0.2) is 14.8 Å². The Balaban J connectivity index is 1.64. The van der Waals surface area contributed by atoms with Gasteiger partial charge in [0.1, 0.15) is 12.0 Å². The highest BCUT2D eigenvalue weighted by Gasteiger charge is 2.09. The number of anilines is 4. The third kappa shape index (κ3) is 4.72. The predicted octanol–water partition coefficient (Wildman–Crippen LogP) is 3.24. The second-order valence-electron chi connectivity index (χ2n) is 5.84. The molecule has 0 aliphatic heterocycles. The molecule has 0 bridgehead atoms. The SMILES string of the molecule is COC(=O)c1ccc(Nc2ncnc(NCCc3ccccc3)c2N)cc1. The first-order valence-electron chi connectivity index (χ1n) is 8.51. The quantitative estimate of drug-likeness (QED) is 0.554. The summed E-state index contributed by atoms with van der Waals surface area (Å²) >= 11 is 0. The molecule has 0 unspecified atom stereocenters. The number of nitrogens with one attached hydrogen (secondary N) is 2. The van der Waals surface area contributed by atoms with Crippen LogP contribution in [0.15, 0.2) is 60.9 Å². The summed E-state index contributed by atoms with van der Waals surface area (Å²) in [6, 6.07) is 17.0. The molecule has 1 aromatic heterocycles. The van der Waals surface area contributed by atoms with Crippen LogP contribution in [0.5, 0.6) is 0 Å². The molecule has 7 heteroatoms. The van der Waals surface area contributed by atoms with E-state index in [1.54, 1.807) is 24.3 Å². The molecule has 0 amide bonds. The van der Waals surface area contributed by atoms with Gasteiger partial charge in [0.15, 0.2) is 11.6 Å². The van der Waals surface area contributed by atoms with Gasteiger partial charge in [-0.05, 0) is 36.2 Å². The van der Waals surface area contributed by atoms with Crippen molar-refractivity contribution in [2.24, 2.45) is 0 Å². The second kappa shape index (κ2) is 8.66. The lowest BCUT2D eigenvalue weighted by Gasteiger charge is -2.13. The van der Waals surface area contributed by atoms with Gasteiger partial charge in [0.2, 0.25) is 0 Å². The van der Waals surface area contributed by atoms with Crippen LogP contribution in [-0.2, 0) is 11.2 Å². The van der Waals surface area contributed by atoms with Crippen molar-refractivity contribution in [3.8, 4) is 0 Å². The summed E-state index contributed by atoms with van der Waals surface area (Å²) in [5.41, 5.74) is 9.08. The Morgan fingerprint density at radius 2 is 1.74 bits per heavy atom. The Morgan fingerprint density at radius 1 is 1.04 bits per heavy atom. The zero-order valence-corrected chi connectivity index (χ0v) is 15.0. The van der Waals surface area contributed by atoms with Gasteiger partial charge in [-0.2, -0.15) is 0 Å². The van der Waals surface area contributed by atoms with Crippen LogP contribution in [0.25, 0.3) is 0 Å². The lowest BCUT2D eigenvalue weighted by molar-refractivity contribution is 0.0601. The number of esters is 1. The first-order valence-corrected chi connectivity index (χ1v) is 8.51. The Morgan fingerprint density at radius 3 is 2.44 bits per heavy atom. The molecule has 0 spiro atoms. The number of nitrogens with zero attached hydrogens (tertiary/aromatic N) is 2. The van der Waals surface area contributed by atoms with Gasteiger partial charge in [0.05, 0.1) is 12.7 Å². The lowest BCUT2D eigenvalue weighted by atomic mass is 10.1. The van der Waals surface area contributed by atoms with Crippen molar-refractivity contribution in [3.05, 3.63) is 72.1 Å². The summed E-state index contributed by atoms with van der Waals surface area (Å²) in [6.07, 6.45) is 2.31. The number of benzene rings is 2. The molecule has 0 saturated heterocycles. The first-order chi connectivity index (χ1) is 13.2. The Labute approximate surface area is 157 Å². The lowest BCUT2D eigenvalue weighted by Crippen LogP contribution is -2.10. The van der Waals surface area contributed by atoms with Crippen LogP contribution >= 0.6 is 0 Å². The van der Waals surface area contributed by atoms with Crippen molar-refractivity contribution in [2.45, 2.75) is 6.42 Å². The van der Waals surface area contributed by atoms with Crippen molar-refractivity contribution in [2.75, 3.05) is 30.0 Å². The number of hydrogen-bond donors (Lipinski definition) is 3. The highest BCUT2D eigenvalue weighted by Crippen LogP contribution is 2.25. The van der Waals surface area contributed by atoms with E-state index in [0.717, 1.165) is 12.1 Å². The molecule has 2 aromatic carbocycles. The molecule has 3 rings (SSSR count). The summed E-state index contributed by atoms with van der Waals surface area (Å²) in [5, 5.41) is 6.38. The van der Waals surface area contributed by atoms with Crippen molar-refractivity contribution >= 4 is 29.0 Å². The third-order valence-corrected chi connectivity index (χ3v) is 4.00. The molecule has 0 radical (unpaired) electrons. The number of hydrogen-bond acceptors (Lipinski definition) is 7. The maximum Gasteiger partial charge on any atom is 0.337 e. The zero-order chi connectivity index (χ0) is 19.1. The number of methoxy groups -OCH3 is 1. The maximum absolute atomic E-state index is 11.5. The fourth-order valence-corrected chi connectivity index (χ4v) is 2.55. The van der Waals surface area contributed by atoms with Gasteiger partial charge in [0, 0.05) is 12.2 Å². The van der Waals surface area contributed by atoms with E-state index in [2.05, 4.69) is 32.7 Å². The summed E-state index contributed by atoms with van der Waals surface area (Å²) in [5.74, 6) is 0.695.